The van der Waals surface area contributed by atoms with Crippen LogP contribution in [0.5, 0.6) is 0 Å². The lowest BCUT2D eigenvalue weighted by Gasteiger charge is -2.28. The summed E-state index contributed by atoms with van der Waals surface area (Å²) in [6.07, 6.45) is -1.35. The number of thioether (sulfide) groups is 1. The van der Waals surface area contributed by atoms with E-state index in [9.17, 15) is 19.2 Å². The van der Waals surface area contributed by atoms with Crippen LogP contribution in [0.25, 0.3) is 0 Å². The Morgan fingerprint density at radius 2 is 2.00 bits per heavy atom. The topological polar surface area (TPSA) is 105 Å². The van der Waals surface area contributed by atoms with Crippen LogP contribution in [-0.4, -0.2) is 60.3 Å². The van der Waals surface area contributed by atoms with Crippen LogP contribution in [0.15, 0.2) is 12.2 Å². The summed E-state index contributed by atoms with van der Waals surface area (Å²) in [5.41, 5.74) is 0.164. The van der Waals surface area contributed by atoms with Crippen LogP contribution in [0.2, 0.25) is 0 Å². The Bertz CT molecular complexity index is 629. The lowest BCUT2D eigenvalue weighted by molar-refractivity contribution is -0.167. The van der Waals surface area contributed by atoms with Crippen LogP contribution in [-0.2, 0) is 38.1 Å². The van der Waals surface area contributed by atoms with Crippen LogP contribution in [0.3, 0.4) is 0 Å². The van der Waals surface area contributed by atoms with Crippen LogP contribution in [0.1, 0.15) is 6.92 Å². The second-order valence-corrected chi connectivity index (χ2v) is 7.21. The molecule has 24 heavy (non-hydrogen) atoms. The van der Waals surface area contributed by atoms with Crippen LogP contribution >= 0.6 is 11.8 Å². The van der Waals surface area contributed by atoms with Crippen molar-refractivity contribution in [2.24, 2.45) is 11.8 Å². The molecule has 2 bridgehead atoms. The molecule has 0 aromatic rings. The molecule has 8 nitrogen and oxygen atoms in total. The van der Waals surface area contributed by atoms with Crippen molar-refractivity contribution in [3.63, 3.8) is 0 Å². The summed E-state index contributed by atoms with van der Waals surface area (Å²) in [6.45, 7) is 4.29. The Morgan fingerprint density at radius 3 is 2.62 bits per heavy atom. The zero-order valence-electron chi connectivity index (χ0n) is 13.1. The summed E-state index contributed by atoms with van der Waals surface area (Å²) in [7, 11) is 1.24. The first-order valence-corrected chi connectivity index (χ1v) is 8.25. The maximum absolute atomic E-state index is 12.0. The number of rotatable bonds is 5. The van der Waals surface area contributed by atoms with Crippen LogP contribution in [0.4, 0.5) is 0 Å². The Hall–Kier alpha value is -2.03. The lowest BCUT2D eigenvalue weighted by atomic mass is 9.78. The summed E-state index contributed by atoms with van der Waals surface area (Å²) < 4.78 is 20.1. The first kappa shape index (κ1) is 16.8. The molecule has 0 amide bonds. The van der Waals surface area contributed by atoms with Gasteiger partial charge in [0.15, 0.2) is 18.8 Å². The molecule has 0 aromatic heterocycles. The second-order valence-electron chi connectivity index (χ2n) is 5.85. The zero-order chi connectivity index (χ0) is 17.6. The number of methoxy groups -OCH3 is 1. The van der Waals surface area contributed by atoms with Gasteiger partial charge >= 0.3 is 23.9 Å². The van der Waals surface area contributed by atoms with Gasteiger partial charge < -0.3 is 18.9 Å². The average Bonchev–Trinajstić information content (AvgIpc) is 3.15. The molecule has 0 radical (unpaired) electrons. The van der Waals surface area contributed by atoms with Crippen molar-refractivity contribution in [2.45, 2.75) is 29.6 Å². The van der Waals surface area contributed by atoms with Gasteiger partial charge in [-0.3, -0.25) is 9.59 Å². The standard InChI is InChI=1S/C15H16O8S/c1-5(2)13(17)21-4-6(16)22-9-10-12-8(15(19)23-10)7(11(9)24-12)14(18)20-3/h7-12H,1,4H2,2-3H3. The third-order valence-electron chi connectivity index (χ3n) is 4.32. The highest BCUT2D eigenvalue weighted by Gasteiger charge is 2.71. The van der Waals surface area contributed by atoms with Gasteiger partial charge in [-0.25, -0.2) is 9.59 Å². The van der Waals surface area contributed by atoms with Crippen molar-refractivity contribution >= 4 is 35.6 Å². The van der Waals surface area contributed by atoms with E-state index in [0.29, 0.717) is 0 Å². The predicted octanol–water partition coefficient (Wildman–Crippen LogP) is -0.154. The molecule has 3 heterocycles. The molecule has 3 aliphatic rings. The summed E-state index contributed by atoms with van der Waals surface area (Å²) in [5.74, 6) is -3.73. The van der Waals surface area contributed by atoms with Crippen molar-refractivity contribution in [3.8, 4) is 0 Å². The van der Waals surface area contributed by atoms with Gasteiger partial charge in [0.25, 0.3) is 0 Å². The minimum Gasteiger partial charge on any atom is -0.469 e. The Balaban J connectivity index is 1.68. The molecular formula is C15H16O8S. The minimum atomic E-state index is -0.772. The summed E-state index contributed by atoms with van der Waals surface area (Å²) in [6, 6.07) is 0. The molecule has 0 spiro atoms. The minimum absolute atomic E-state index is 0.164. The average molecular weight is 356 g/mol. The maximum Gasteiger partial charge on any atom is 0.344 e. The van der Waals surface area contributed by atoms with Gasteiger partial charge in [-0.2, -0.15) is 0 Å². The summed E-state index contributed by atoms with van der Waals surface area (Å²) in [5, 5.41) is -0.646. The fourth-order valence-corrected chi connectivity index (χ4v) is 5.30. The molecule has 3 fully saturated rings. The van der Waals surface area contributed by atoms with E-state index in [-0.39, 0.29) is 10.8 Å². The van der Waals surface area contributed by atoms with E-state index in [1.54, 1.807) is 0 Å². The molecule has 3 rings (SSSR count). The predicted molar refractivity (Wildman–Crippen MR) is 79.7 cm³/mol. The zero-order valence-corrected chi connectivity index (χ0v) is 13.9. The SMILES string of the molecule is C=C(C)C(=O)OCC(=O)OC1C2OC(=O)C3C2SC1C3C(=O)OC. The van der Waals surface area contributed by atoms with Crippen molar-refractivity contribution in [1.82, 2.24) is 0 Å². The Morgan fingerprint density at radius 1 is 1.29 bits per heavy atom. The van der Waals surface area contributed by atoms with Crippen molar-refractivity contribution in [3.05, 3.63) is 12.2 Å². The van der Waals surface area contributed by atoms with Crippen LogP contribution < -0.4 is 0 Å². The molecule has 0 aromatic carbocycles. The third kappa shape index (κ3) is 2.56. The molecule has 0 aliphatic carbocycles. The molecule has 130 valence electrons. The van der Waals surface area contributed by atoms with Gasteiger partial charge in [0.1, 0.15) is 0 Å². The third-order valence-corrected chi connectivity index (χ3v) is 6.07. The largest absolute Gasteiger partial charge is 0.469 e. The smallest absolute Gasteiger partial charge is 0.344 e. The van der Waals surface area contributed by atoms with Gasteiger partial charge in [0.2, 0.25) is 0 Å². The number of hydrogen-bond donors (Lipinski definition) is 0. The van der Waals surface area contributed by atoms with Gasteiger partial charge in [0.05, 0.1) is 29.4 Å². The van der Waals surface area contributed by atoms with Gasteiger partial charge in [-0.15, -0.1) is 11.8 Å². The number of hydrogen-bond acceptors (Lipinski definition) is 9. The molecule has 3 saturated heterocycles. The van der Waals surface area contributed by atoms with Crippen molar-refractivity contribution in [1.29, 1.82) is 0 Å². The molecule has 3 aliphatic heterocycles. The van der Waals surface area contributed by atoms with Crippen molar-refractivity contribution < 1.29 is 38.1 Å². The van der Waals surface area contributed by atoms with E-state index >= 15 is 0 Å². The molecule has 6 atom stereocenters. The first-order valence-electron chi connectivity index (χ1n) is 7.31. The highest BCUT2D eigenvalue weighted by Crippen LogP contribution is 2.59. The van der Waals surface area contributed by atoms with Gasteiger partial charge in [-0.05, 0) is 6.92 Å². The maximum atomic E-state index is 12.0. The summed E-state index contributed by atoms with van der Waals surface area (Å²) >= 11 is 1.40. The van der Waals surface area contributed by atoms with Gasteiger partial charge in [-0.1, -0.05) is 6.58 Å². The molecule has 6 unspecified atom stereocenters. The monoisotopic (exact) mass is 356 g/mol. The number of carbonyl (C=O) groups is 4. The van der Waals surface area contributed by atoms with Crippen LogP contribution in [0, 0.1) is 11.8 Å². The lowest BCUT2D eigenvalue weighted by Crippen LogP contribution is -2.48. The summed E-state index contributed by atoms with van der Waals surface area (Å²) in [4.78, 5) is 47.2. The highest BCUT2D eigenvalue weighted by molar-refractivity contribution is 8.01. The van der Waals surface area contributed by atoms with E-state index in [0.717, 1.165) is 0 Å². The quantitative estimate of drug-likeness (QED) is 0.377. The second kappa shape index (κ2) is 6.12. The molecule has 9 heteroatoms. The Labute approximate surface area is 141 Å². The Kier molecular flexibility index (Phi) is 4.29. The van der Waals surface area contributed by atoms with E-state index in [1.165, 1.54) is 25.8 Å². The molecule has 0 N–H and O–H groups in total. The highest BCUT2D eigenvalue weighted by atomic mass is 32.2. The van der Waals surface area contributed by atoms with E-state index < -0.39 is 59.8 Å². The van der Waals surface area contributed by atoms with E-state index in [4.69, 9.17) is 18.9 Å². The number of esters is 4. The van der Waals surface area contributed by atoms with Crippen molar-refractivity contribution in [2.75, 3.05) is 13.7 Å². The van der Waals surface area contributed by atoms with Gasteiger partial charge in [0, 0.05) is 5.57 Å². The first-order chi connectivity index (χ1) is 11.3. The van der Waals surface area contributed by atoms with E-state index in [1.807, 2.05) is 0 Å². The van der Waals surface area contributed by atoms with E-state index in [2.05, 4.69) is 6.58 Å². The number of carbonyl (C=O) groups excluding carboxylic acids is 4. The molecule has 0 saturated carbocycles. The number of fused-ring (bicyclic) bond motifs is 1. The molecular weight excluding hydrogens is 340 g/mol. The number of ether oxygens (including phenoxy) is 4. The normalized spacial score (nSPS) is 35.3. The fourth-order valence-electron chi connectivity index (χ4n) is 3.31. The fraction of sp³-hybridized carbons (Fsp3) is 0.600.